The summed E-state index contributed by atoms with van der Waals surface area (Å²) in [5, 5.41) is 4.62. The summed E-state index contributed by atoms with van der Waals surface area (Å²) in [6, 6.07) is 7.99. The molecular formula is C27H31ClN6O. The van der Waals surface area contributed by atoms with Gasteiger partial charge >= 0.3 is 0 Å². The maximum Gasteiger partial charge on any atom is 0.258 e. The van der Waals surface area contributed by atoms with Gasteiger partial charge in [0.05, 0.1) is 21.6 Å². The van der Waals surface area contributed by atoms with Gasteiger partial charge in [-0.25, -0.2) is 9.97 Å². The Hall–Kier alpha value is -3.16. The highest BCUT2D eigenvalue weighted by Gasteiger charge is 2.19. The van der Waals surface area contributed by atoms with Crippen LogP contribution in [0.4, 0.5) is 5.69 Å². The largest absolute Gasteiger partial charge is 0.381 e. The van der Waals surface area contributed by atoms with Crippen molar-refractivity contribution in [1.82, 2.24) is 24.4 Å². The molecule has 1 saturated heterocycles. The van der Waals surface area contributed by atoms with E-state index in [1.54, 1.807) is 6.07 Å². The molecule has 35 heavy (non-hydrogen) atoms. The molecule has 0 amide bonds. The predicted molar refractivity (Wildman–Crippen MR) is 142 cm³/mol. The minimum atomic E-state index is -0.183. The minimum absolute atomic E-state index is 0.183. The molecule has 8 heteroatoms. The molecule has 5 rings (SSSR count). The number of hydrogen-bond donors (Lipinski definition) is 2. The molecule has 0 aliphatic carbocycles. The van der Waals surface area contributed by atoms with Crippen LogP contribution in [0.15, 0.2) is 47.7 Å². The van der Waals surface area contributed by atoms with Gasteiger partial charge in [0.1, 0.15) is 11.6 Å². The van der Waals surface area contributed by atoms with Crippen LogP contribution in [-0.2, 0) is 6.42 Å². The molecule has 0 radical (unpaired) electrons. The number of nitrogens with one attached hydrogen (secondary N) is 2. The molecule has 182 valence electrons. The van der Waals surface area contributed by atoms with Gasteiger partial charge in [-0.05, 0) is 68.1 Å². The lowest BCUT2D eigenvalue weighted by atomic mass is 10.0. The fourth-order valence-electron chi connectivity index (χ4n) is 4.67. The zero-order valence-corrected chi connectivity index (χ0v) is 21.2. The monoisotopic (exact) mass is 490 g/mol. The lowest BCUT2D eigenvalue weighted by molar-refractivity contribution is 0.229. The lowest BCUT2D eigenvalue weighted by Gasteiger charge is -2.32. The van der Waals surface area contributed by atoms with Gasteiger partial charge in [0, 0.05) is 44.1 Å². The van der Waals surface area contributed by atoms with Crippen LogP contribution in [-0.4, -0.2) is 50.1 Å². The van der Waals surface area contributed by atoms with E-state index in [1.807, 2.05) is 29.0 Å². The van der Waals surface area contributed by atoms with E-state index in [0.29, 0.717) is 34.2 Å². The number of aromatic amines is 1. The Morgan fingerprint density at radius 2 is 1.89 bits per heavy atom. The van der Waals surface area contributed by atoms with Crippen molar-refractivity contribution in [3.63, 3.8) is 0 Å². The molecule has 0 atom stereocenters. The normalized spacial score (nSPS) is 15.1. The van der Waals surface area contributed by atoms with Crippen molar-refractivity contribution in [2.45, 2.75) is 46.1 Å². The maximum atomic E-state index is 12.8. The molecule has 0 spiro atoms. The first kappa shape index (κ1) is 23.6. The number of hydrogen-bond acceptors (Lipinski definition) is 5. The zero-order valence-electron chi connectivity index (χ0n) is 20.4. The number of aromatic nitrogens is 4. The maximum absolute atomic E-state index is 12.8. The molecule has 1 aromatic carbocycles. The summed E-state index contributed by atoms with van der Waals surface area (Å²) in [6.45, 7) is 9.62. The van der Waals surface area contributed by atoms with E-state index in [9.17, 15) is 4.79 Å². The van der Waals surface area contributed by atoms with Crippen molar-refractivity contribution >= 4 is 28.2 Å². The Morgan fingerprint density at radius 1 is 1.14 bits per heavy atom. The highest BCUT2D eigenvalue weighted by Crippen LogP contribution is 2.28. The Morgan fingerprint density at radius 3 is 2.54 bits per heavy atom. The van der Waals surface area contributed by atoms with Gasteiger partial charge in [0.2, 0.25) is 0 Å². The third kappa shape index (κ3) is 5.11. The number of benzene rings is 1. The van der Waals surface area contributed by atoms with Crippen LogP contribution in [0.3, 0.4) is 0 Å². The Kier molecular flexibility index (Phi) is 6.62. The van der Waals surface area contributed by atoms with Crippen LogP contribution >= 0.6 is 11.6 Å². The first-order valence-electron chi connectivity index (χ1n) is 12.2. The van der Waals surface area contributed by atoms with E-state index in [4.69, 9.17) is 16.6 Å². The number of anilines is 1. The number of H-pyrrole nitrogens is 1. The van der Waals surface area contributed by atoms with Gasteiger partial charge in [-0.3, -0.25) is 4.79 Å². The van der Waals surface area contributed by atoms with E-state index >= 15 is 0 Å². The molecule has 0 saturated carbocycles. The second-order valence-electron chi connectivity index (χ2n) is 9.45. The molecule has 0 unspecified atom stereocenters. The van der Waals surface area contributed by atoms with Crippen molar-refractivity contribution in [3.05, 3.63) is 80.7 Å². The van der Waals surface area contributed by atoms with Gasteiger partial charge in [0.15, 0.2) is 0 Å². The summed E-state index contributed by atoms with van der Waals surface area (Å²) in [5.74, 6) is 1.47. The topological polar surface area (TPSA) is 78.8 Å². The van der Waals surface area contributed by atoms with Gasteiger partial charge < -0.3 is 19.8 Å². The lowest BCUT2D eigenvalue weighted by Crippen LogP contribution is -2.38. The van der Waals surface area contributed by atoms with Gasteiger partial charge in [-0.2, -0.15) is 0 Å². The van der Waals surface area contributed by atoms with Crippen molar-refractivity contribution in [3.8, 4) is 5.82 Å². The third-order valence-corrected chi connectivity index (χ3v) is 7.28. The summed E-state index contributed by atoms with van der Waals surface area (Å²) in [5.41, 5.74) is 4.74. The highest BCUT2D eigenvalue weighted by atomic mass is 35.5. The van der Waals surface area contributed by atoms with E-state index in [2.05, 4.69) is 53.3 Å². The van der Waals surface area contributed by atoms with Crippen molar-refractivity contribution in [2.24, 2.45) is 0 Å². The van der Waals surface area contributed by atoms with Crippen LogP contribution in [0.5, 0.6) is 0 Å². The molecule has 1 fully saturated rings. The first-order chi connectivity index (χ1) is 16.9. The molecule has 1 aliphatic rings. The van der Waals surface area contributed by atoms with Crippen LogP contribution in [0, 0.1) is 13.8 Å². The van der Waals surface area contributed by atoms with Gasteiger partial charge in [0.25, 0.3) is 5.56 Å². The summed E-state index contributed by atoms with van der Waals surface area (Å²) in [7, 11) is 0. The van der Waals surface area contributed by atoms with Crippen molar-refractivity contribution in [1.29, 1.82) is 0 Å². The van der Waals surface area contributed by atoms with Crippen LogP contribution in [0.2, 0.25) is 5.02 Å². The number of halogens is 1. The Bertz CT molecular complexity index is 1380. The number of likely N-dealkylation sites (tertiary alicyclic amines) is 1. The van der Waals surface area contributed by atoms with Gasteiger partial charge in [-0.15, -0.1) is 0 Å². The average molecular weight is 491 g/mol. The summed E-state index contributed by atoms with van der Waals surface area (Å²) in [4.78, 5) is 27.5. The van der Waals surface area contributed by atoms with E-state index in [0.717, 1.165) is 49.5 Å². The summed E-state index contributed by atoms with van der Waals surface area (Å²) < 4.78 is 2.02. The quantitative estimate of drug-likeness (QED) is 0.403. The second kappa shape index (κ2) is 9.84. The number of aryl methyl sites for hydroxylation is 2. The number of pyridine rings is 1. The van der Waals surface area contributed by atoms with Crippen LogP contribution < -0.4 is 10.9 Å². The van der Waals surface area contributed by atoms with Crippen molar-refractivity contribution < 1.29 is 0 Å². The number of fused-ring (bicyclic) bond motifs is 1. The van der Waals surface area contributed by atoms with Crippen LogP contribution in [0.25, 0.3) is 16.7 Å². The predicted octanol–water partition coefficient (Wildman–Crippen LogP) is 4.87. The number of rotatable bonds is 6. The van der Waals surface area contributed by atoms with Crippen LogP contribution in [0.1, 0.15) is 42.3 Å². The number of piperidine rings is 1. The standard InChI is InChI=1S/C27H31ClN6O/c1-4-33-9-7-20(8-10-33)30-24-13-23-21(12-22(24)28)27(35)32-25(31-23)11-19-5-6-26(29-14-19)34-15-17(2)18(3)16-34/h5-6,12-16,20,30H,4,7-11H2,1-3H3,(H,31,32,35). The molecule has 7 nitrogen and oxygen atoms in total. The third-order valence-electron chi connectivity index (χ3n) is 6.97. The molecule has 3 aromatic heterocycles. The summed E-state index contributed by atoms with van der Waals surface area (Å²) in [6.07, 6.45) is 8.61. The highest BCUT2D eigenvalue weighted by molar-refractivity contribution is 6.34. The molecule has 4 aromatic rings. The second-order valence-corrected chi connectivity index (χ2v) is 9.85. The van der Waals surface area contributed by atoms with E-state index in [1.165, 1.54) is 11.1 Å². The average Bonchev–Trinajstić information content (AvgIpc) is 3.19. The van der Waals surface area contributed by atoms with Crippen molar-refractivity contribution in [2.75, 3.05) is 25.0 Å². The van der Waals surface area contributed by atoms with E-state index in [-0.39, 0.29) is 5.56 Å². The van der Waals surface area contributed by atoms with E-state index < -0.39 is 0 Å². The Balaban J connectivity index is 1.36. The zero-order chi connectivity index (χ0) is 24.5. The molecule has 1 aliphatic heterocycles. The molecule has 0 bridgehead atoms. The fraction of sp³-hybridized carbons (Fsp3) is 0.370. The molecule has 4 heterocycles. The summed E-state index contributed by atoms with van der Waals surface area (Å²) >= 11 is 6.53. The van der Waals surface area contributed by atoms with Gasteiger partial charge in [-0.1, -0.05) is 24.6 Å². The Labute approximate surface area is 210 Å². The SMILES string of the molecule is CCN1CCC(Nc2cc3nc(Cc4ccc(-n5cc(C)c(C)c5)nc4)[nH]c(=O)c3cc2Cl)CC1. The minimum Gasteiger partial charge on any atom is -0.381 e. The fourth-order valence-corrected chi connectivity index (χ4v) is 4.89. The number of nitrogens with zero attached hydrogens (tertiary/aromatic N) is 4. The molecule has 2 N–H and O–H groups in total. The first-order valence-corrected chi connectivity index (χ1v) is 12.6. The smallest absolute Gasteiger partial charge is 0.258 e. The molecular weight excluding hydrogens is 460 g/mol.